The Bertz CT molecular complexity index is 560. The molecule has 1 aromatic rings. The number of amides is 2. The normalized spacial score (nSPS) is 18.9. The molecule has 0 bridgehead atoms. The minimum atomic E-state index is -1.07. The molecule has 1 fully saturated rings. The van der Waals surface area contributed by atoms with Crippen molar-refractivity contribution in [1.82, 2.24) is 10.2 Å². The molecule has 2 atom stereocenters. The van der Waals surface area contributed by atoms with Crippen LogP contribution in [-0.4, -0.2) is 46.6 Å². The Morgan fingerprint density at radius 2 is 2.09 bits per heavy atom. The molecule has 2 N–H and O–H groups in total. The number of hydrogen-bond acceptors (Lipinski definition) is 4. The summed E-state index contributed by atoms with van der Waals surface area (Å²) in [6, 6.07) is 7.54. The molecule has 1 saturated heterocycles. The molecule has 2 amide bonds. The molecular weight excluding hydrogens is 288 g/mol. The third-order valence-corrected chi connectivity index (χ3v) is 3.57. The van der Waals surface area contributed by atoms with Gasteiger partial charge >= 0.3 is 12.1 Å². The monoisotopic (exact) mass is 306 g/mol. The number of benzene rings is 1. The van der Waals surface area contributed by atoms with E-state index in [1.54, 1.807) is 0 Å². The van der Waals surface area contributed by atoms with E-state index in [0.29, 0.717) is 13.0 Å². The first kappa shape index (κ1) is 15.8. The van der Waals surface area contributed by atoms with E-state index < -0.39 is 30.1 Å². The molecule has 2 unspecified atom stereocenters. The van der Waals surface area contributed by atoms with Crippen molar-refractivity contribution in [3.8, 4) is 0 Å². The fraction of sp³-hybridized carbons (Fsp3) is 0.400. The second-order valence-electron chi connectivity index (χ2n) is 5.09. The van der Waals surface area contributed by atoms with Gasteiger partial charge in [0.05, 0.1) is 0 Å². The standard InChI is InChI=1S/C15H18N2O5/c1-10(14(19)20)17-8-7-12(13(17)18)16-15(21)22-9-11-5-3-2-4-6-11/h2-6,10,12H,7-9H2,1H3,(H,16,21)(H,19,20). The largest absolute Gasteiger partial charge is 0.480 e. The average molecular weight is 306 g/mol. The maximum absolute atomic E-state index is 12.1. The van der Waals surface area contributed by atoms with Gasteiger partial charge < -0.3 is 20.1 Å². The first-order valence-electron chi connectivity index (χ1n) is 6.99. The fourth-order valence-corrected chi connectivity index (χ4v) is 2.26. The summed E-state index contributed by atoms with van der Waals surface area (Å²) in [4.78, 5) is 35.9. The molecule has 0 saturated carbocycles. The van der Waals surface area contributed by atoms with Gasteiger partial charge in [-0.25, -0.2) is 9.59 Å². The van der Waals surface area contributed by atoms with Gasteiger partial charge in [-0.15, -0.1) is 0 Å². The van der Waals surface area contributed by atoms with E-state index in [0.717, 1.165) is 5.56 Å². The molecule has 1 aromatic carbocycles. The molecule has 1 heterocycles. The first-order valence-corrected chi connectivity index (χ1v) is 6.99. The van der Waals surface area contributed by atoms with E-state index in [9.17, 15) is 14.4 Å². The van der Waals surface area contributed by atoms with Crippen molar-refractivity contribution in [1.29, 1.82) is 0 Å². The number of nitrogens with one attached hydrogen (secondary N) is 1. The van der Waals surface area contributed by atoms with Crippen LogP contribution in [0.4, 0.5) is 4.79 Å². The summed E-state index contributed by atoms with van der Waals surface area (Å²) in [6.45, 7) is 1.86. The summed E-state index contributed by atoms with van der Waals surface area (Å²) in [6.07, 6.45) is -0.316. The van der Waals surface area contributed by atoms with Crippen molar-refractivity contribution >= 4 is 18.0 Å². The Kier molecular flexibility index (Phi) is 4.98. The second-order valence-corrected chi connectivity index (χ2v) is 5.09. The Hall–Kier alpha value is -2.57. The lowest BCUT2D eigenvalue weighted by Gasteiger charge is -2.21. The Morgan fingerprint density at radius 3 is 2.73 bits per heavy atom. The molecule has 1 aliphatic rings. The maximum Gasteiger partial charge on any atom is 0.408 e. The number of ether oxygens (including phenoxy) is 1. The minimum Gasteiger partial charge on any atom is -0.480 e. The number of carbonyl (C=O) groups excluding carboxylic acids is 2. The highest BCUT2D eigenvalue weighted by Gasteiger charge is 2.37. The van der Waals surface area contributed by atoms with Crippen LogP contribution in [0.5, 0.6) is 0 Å². The lowest BCUT2D eigenvalue weighted by atomic mass is 10.2. The van der Waals surface area contributed by atoms with Crippen molar-refractivity contribution in [2.75, 3.05) is 6.54 Å². The summed E-state index contributed by atoms with van der Waals surface area (Å²) in [5.74, 6) is -1.47. The maximum atomic E-state index is 12.1. The highest BCUT2D eigenvalue weighted by atomic mass is 16.5. The molecule has 22 heavy (non-hydrogen) atoms. The highest BCUT2D eigenvalue weighted by Crippen LogP contribution is 2.15. The molecule has 118 valence electrons. The molecule has 7 heteroatoms. The van der Waals surface area contributed by atoms with E-state index in [1.165, 1.54) is 11.8 Å². The summed E-state index contributed by atoms with van der Waals surface area (Å²) in [5.41, 5.74) is 0.844. The van der Waals surface area contributed by atoms with Crippen molar-refractivity contribution in [2.24, 2.45) is 0 Å². The highest BCUT2D eigenvalue weighted by molar-refractivity contribution is 5.90. The van der Waals surface area contributed by atoms with Crippen LogP contribution in [0.15, 0.2) is 30.3 Å². The van der Waals surface area contributed by atoms with E-state index >= 15 is 0 Å². The van der Waals surface area contributed by atoms with Gasteiger partial charge in [0.2, 0.25) is 5.91 Å². The van der Waals surface area contributed by atoms with Crippen molar-refractivity contribution in [3.05, 3.63) is 35.9 Å². The number of likely N-dealkylation sites (tertiary alicyclic amines) is 1. The summed E-state index contributed by atoms with van der Waals surface area (Å²) < 4.78 is 5.04. The van der Waals surface area contributed by atoms with Crippen LogP contribution >= 0.6 is 0 Å². The molecule has 0 aliphatic carbocycles. The van der Waals surface area contributed by atoms with Gasteiger partial charge in [0.1, 0.15) is 18.7 Å². The molecule has 2 rings (SSSR count). The zero-order valence-electron chi connectivity index (χ0n) is 12.2. The van der Waals surface area contributed by atoms with E-state index in [1.807, 2.05) is 30.3 Å². The molecule has 1 aliphatic heterocycles. The number of aliphatic carboxylic acids is 1. The second kappa shape index (κ2) is 6.93. The SMILES string of the molecule is CC(C(=O)O)N1CCC(NC(=O)OCc2ccccc2)C1=O. The van der Waals surface area contributed by atoms with Crippen LogP contribution in [0.1, 0.15) is 18.9 Å². The third kappa shape index (κ3) is 3.75. The predicted octanol–water partition coefficient (Wildman–Crippen LogP) is 0.987. The number of carboxylic acids is 1. The Labute approximate surface area is 127 Å². The molecule has 0 radical (unpaired) electrons. The van der Waals surface area contributed by atoms with Crippen molar-refractivity contribution < 1.29 is 24.2 Å². The number of carboxylic acid groups (broad SMARTS) is 1. The first-order chi connectivity index (χ1) is 10.5. The number of carbonyl (C=O) groups is 3. The van der Waals surface area contributed by atoms with E-state index in [-0.39, 0.29) is 6.61 Å². The number of hydrogen-bond donors (Lipinski definition) is 2. The van der Waals surface area contributed by atoms with Crippen LogP contribution < -0.4 is 5.32 Å². The van der Waals surface area contributed by atoms with Gasteiger partial charge in [-0.05, 0) is 18.9 Å². The predicted molar refractivity (Wildman–Crippen MR) is 77.0 cm³/mol. The van der Waals surface area contributed by atoms with Gasteiger partial charge in [-0.3, -0.25) is 4.79 Å². The number of nitrogens with zero attached hydrogens (tertiary/aromatic N) is 1. The smallest absolute Gasteiger partial charge is 0.408 e. The third-order valence-electron chi connectivity index (χ3n) is 3.57. The minimum absolute atomic E-state index is 0.114. The summed E-state index contributed by atoms with van der Waals surface area (Å²) >= 11 is 0. The molecule has 0 aromatic heterocycles. The van der Waals surface area contributed by atoms with Gasteiger partial charge in [0.15, 0.2) is 0 Å². The summed E-state index contributed by atoms with van der Waals surface area (Å²) in [7, 11) is 0. The van der Waals surface area contributed by atoms with Gasteiger partial charge in [0.25, 0.3) is 0 Å². The lowest BCUT2D eigenvalue weighted by molar-refractivity contribution is -0.147. The Morgan fingerprint density at radius 1 is 1.41 bits per heavy atom. The zero-order valence-corrected chi connectivity index (χ0v) is 12.2. The molecular formula is C15H18N2O5. The van der Waals surface area contributed by atoms with Crippen LogP contribution in [0.2, 0.25) is 0 Å². The van der Waals surface area contributed by atoms with Crippen LogP contribution in [0.3, 0.4) is 0 Å². The van der Waals surface area contributed by atoms with E-state index in [4.69, 9.17) is 9.84 Å². The quantitative estimate of drug-likeness (QED) is 0.845. The van der Waals surface area contributed by atoms with Gasteiger partial charge in [-0.2, -0.15) is 0 Å². The summed E-state index contributed by atoms with van der Waals surface area (Å²) in [5, 5.41) is 11.4. The van der Waals surface area contributed by atoms with Gasteiger partial charge in [-0.1, -0.05) is 30.3 Å². The molecule has 0 spiro atoms. The number of rotatable bonds is 5. The Balaban J connectivity index is 1.82. The number of alkyl carbamates (subject to hydrolysis) is 1. The van der Waals surface area contributed by atoms with Crippen molar-refractivity contribution in [3.63, 3.8) is 0 Å². The van der Waals surface area contributed by atoms with Crippen LogP contribution in [-0.2, 0) is 20.9 Å². The fourth-order valence-electron chi connectivity index (χ4n) is 2.26. The van der Waals surface area contributed by atoms with E-state index in [2.05, 4.69) is 5.32 Å². The zero-order chi connectivity index (χ0) is 16.1. The topological polar surface area (TPSA) is 95.9 Å². The van der Waals surface area contributed by atoms with Crippen LogP contribution in [0, 0.1) is 0 Å². The van der Waals surface area contributed by atoms with Crippen LogP contribution in [0.25, 0.3) is 0 Å². The molecule has 7 nitrogen and oxygen atoms in total. The lowest BCUT2D eigenvalue weighted by Crippen LogP contribution is -2.46. The van der Waals surface area contributed by atoms with Crippen molar-refractivity contribution in [2.45, 2.75) is 32.0 Å². The average Bonchev–Trinajstić information content (AvgIpc) is 2.86. The van der Waals surface area contributed by atoms with Gasteiger partial charge in [0, 0.05) is 6.54 Å².